The molecule has 10 heteroatoms. The fourth-order valence-corrected chi connectivity index (χ4v) is 5.14. The van der Waals surface area contributed by atoms with Gasteiger partial charge in [0.1, 0.15) is 17.8 Å². The van der Waals surface area contributed by atoms with Gasteiger partial charge in [-0.15, -0.1) is 11.3 Å². The molecular formula is C30H26N2O7S. The van der Waals surface area contributed by atoms with E-state index in [4.69, 9.17) is 14.2 Å². The van der Waals surface area contributed by atoms with Crippen molar-refractivity contribution in [3.63, 3.8) is 0 Å². The average molecular weight is 559 g/mol. The van der Waals surface area contributed by atoms with Gasteiger partial charge >= 0.3 is 12.1 Å². The van der Waals surface area contributed by atoms with Crippen molar-refractivity contribution in [2.24, 2.45) is 0 Å². The number of ether oxygens (including phenoxy) is 3. The number of thiophene rings is 1. The minimum absolute atomic E-state index is 0.0581. The van der Waals surface area contributed by atoms with Crippen LogP contribution in [0.2, 0.25) is 0 Å². The molecule has 3 aromatic heterocycles. The van der Waals surface area contributed by atoms with Crippen molar-refractivity contribution in [2.75, 3.05) is 0 Å². The predicted molar refractivity (Wildman–Crippen MR) is 152 cm³/mol. The molecule has 0 spiro atoms. The molecule has 0 saturated heterocycles. The monoisotopic (exact) mass is 558 g/mol. The Balaban J connectivity index is 1.47. The number of fused-ring (bicyclic) bond motifs is 2. The van der Waals surface area contributed by atoms with Crippen molar-refractivity contribution in [1.82, 2.24) is 9.55 Å². The molecule has 40 heavy (non-hydrogen) atoms. The summed E-state index contributed by atoms with van der Waals surface area (Å²) in [6.07, 6.45) is -0.842. The van der Waals surface area contributed by atoms with Crippen LogP contribution in [-0.4, -0.2) is 32.4 Å². The number of carboxylic acids is 1. The van der Waals surface area contributed by atoms with Crippen LogP contribution in [0.4, 0.5) is 4.79 Å². The van der Waals surface area contributed by atoms with Gasteiger partial charge < -0.3 is 19.3 Å². The third kappa shape index (κ3) is 5.81. The summed E-state index contributed by atoms with van der Waals surface area (Å²) < 4.78 is 18.2. The molecule has 0 unspecified atom stereocenters. The van der Waals surface area contributed by atoms with E-state index in [1.165, 1.54) is 15.9 Å². The highest BCUT2D eigenvalue weighted by molar-refractivity contribution is 7.17. The van der Waals surface area contributed by atoms with Gasteiger partial charge in [-0.25, -0.2) is 14.6 Å². The fraction of sp³-hybridized carbons (Fsp3) is 0.200. The van der Waals surface area contributed by atoms with Crippen LogP contribution in [-0.2, 0) is 17.9 Å². The number of benzene rings is 2. The lowest BCUT2D eigenvalue weighted by Crippen LogP contribution is -2.26. The summed E-state index contributed by atoms with van der Waals surface area (Å²) in [4.78, 5) is 42.2. The molecule has 2 aromatic carbocycles. The third-order valence-corrected chi connectivity index (χ3v) is 6.84. The van der Waals surface area contributed by atoms with Crippen molar-refractivity contribution in [3.8, 4) is 11.6 Å². The van der Waals surface area contributed by atoms with E-state index in [1.807, 2.05) is 42.5 Å². The first-order chi connectivity index (χ1) is 19.1. The van der Waals surface area contributed by atoms with E-state index in [0.29, 0.717) is 15.7 Å². The lowest BCUT2D eigenvalue weighted by molar-refractivity contribution is 0.0197. The number of aromatic carboxylic acids is 1. The summed E-state index contributed by atoms with van der Waals surface area (Å²) >= 11 is 1.24. The van der Waals surface area contributed by atoms with Crippen molar-refractivity contribution >= 4 is 44.6 Å². The Labute approximate surface area is 233 Å². The molecule has 5 aromatic rings. The zero-order valence-electron chi connectivity index (χ0n) is 22.0. The Kier molecular flexibility index (Phi) is 7.27. The number of hydrogen-bond acceptors (Lipinski definition) is 8. The predicted octanol–water partition coefficient (Wildman–Crippen LogP) is 6.25. The summed E-state index contributed by atoms with van der Waals surface area (Å²) in [5, 5.41) is 12.5. The van der Waals surface area contributed by atoms with Crippen LogP contribution in [0, 0.1) is 0 Å². The molecule has 0 amide bonds. The molecule has 0 bridgehead atoms. The van der Waals surface area contributed by atoms with Gasteiger partial charge in [-0.2, -0.15) is 0 Å². The van der Waals surface area contributed by atoms with Gasteiger partial charge in [-0.1, -0.05) is 36.4 Å². The molecular weight excluding hydrogens is 532 g/mol. The van der Waals surface area contributed by atoms with Crippen LogP contribution in [0.5, 0.6) is 11.6 Å². The second-order valence-corrected chi connectivity index (χ2v) is 11.0. The van der Waals surface area contributed by atoms with Gasteiger partial charge in [0.25, 0.3) is 5.56 Å². The largest absolute Gasteiger partial charge is 0.515 e. The van der Waals surface area contributed by atoms with Gasteiger partial charge in [0, 0.05) is 11.5 Å². The maximum absolute atomic E-state index is 13.6. The summed E-state index contributed by atoms with van der Waals surface area (Å²) in [6.45, 7) is 5.47. The molecule has 0 radical (unpaired) electrons. The van der Waals surface area contributed by atoms with Crippen LogP contribution in [0.25, 0.3) is 21.1 Å². The molecule has 0 aliphatic carbocycles. The van der Waals surface area contributed by atoms with E-state index in [9.17, 15) is 19.5 Å². The number of carboxylic acid groups (broad SMARTS) is 1. The fourth-order valence-electron chi connectivity index (χ4n) is 4.21. The highest BCUT2D eigenvalue weighted by Crippen LogP contribution is 2.31. The smallest absolute Gasteiger partial charge is 0.482 e. The number of nitrogens with zero attached hydrogens (tertiary/aromatic N) is 2. The highest BCUT2D eigenvalue weighted by atomic mass is 32.1. The number of carbonyl (C=O) groups excluding carboxylic acids is 1. The minimum Gasteiger partial charge on any atom is -0.482 e. The molecule has 0 fully saturated rings. The van der Waals surface area contributed by atoms with Crippen molar-refractivity contribution in [3.05, 3.63) is 99.2 Å². The Hall–Kier alpha value is -4.70. The molecule has 5 rings (SSSR count). The molecule has 0 atom stereocenters. The number of rotatable bonds is 7. The number of pyridine rings is 2. The molecule has 0 aliphatic rings. The van der Waals surface area contributed by atoms with E-state index in [2.05, 4.69) is 4.98 Å². The van der Waals surface area contributed by atoms with Gasteiger partial charge in [-0.3, -0.25) is 9.36 Å². The second-order valence-electron chi connectivity index (χ2n) is 10.1. The van der Waals surface area contributed by atoms with Gasteiger partial charge in [-0.05, 0) is 61.5 Å². The average Bonchev–Trinajstić information content (AvgIpc) is 3.38. The molecule has 204 valence electrons. The first-order valence-electron chi connectivity index (χ1n) is 12.4. The maximum Gasteiger partial charge on any atom is 0.515 e. The summed E-state index contributed by atoms with van der Waals surface area (Å²) in [5.74, 6) is -1.31. The zero-order valence-corrected chi connectivity index (χ0v) is 22.9. The topological polar surface area (TPSA) is 117 Å². The number of hydrogen-bond donors (Lipinski definition) is 1. The molecule has 9 nitrogen and oxygen atoms in total. The van der Waals surface area contributed by atoms with Crippen molar-refractivity contribution in [2.45, 2.75) is 39.5 Å². The summed E-state index contributed by atoms with van der Waals surface area (Å²) in [6, 6.07) is 19.8. The van der Waals surface area contributed by atoms with Gasteiger partial charge in [0.05, 0.1) is 22.3 Å². The van der Waals surface area contributed by atoms with E-state index in [-0.39, 0.29) is 30.3 Å². The van der Waals surface area contributed by atoms with Crippen LogP contribution in [0.3, 0.4) is 0 Å². The molecule has 0 saturated carbocycles. The van der Waals surface area contributed by atoms with Crippen LogP contribution < -0.4 is 15.0 Å². The lowest BCUT2D eigenvalue weighted by Gasteiger charge is -2.18. The standard InChI is InChI=1S/C30H26N2O7S/c1-30(2,3)39-29(36)38-23-12-10-20-15-19(9-11-21(20)31-23)16-32-22-13-14-40-26(22)24(28(34)35)25(27(32)33)37-17-18-7-5-4-6-8-18/h4-15H,16-17H2,1-3H3,(H,34,35). The van der Waals surface area contributed by atoms with Crippen molar-refractivity contribution in [1.29, 1.82) is 0 Å². The first-order valence-corrected chi connectivity index (χ1v) is 13.3. The molecule has 3 heterocycles. The molecule has 1 N–H and O–H groups in total. The Bertz CT molecular complexity index is 1790. The van der Waals surface area contributed by atoms with Crippen LogP contribution >= 0.6 is 11.3 Å². The van der Waals surface area contributed by atoms with Crippen LogP contribution in [0.15, 0.2) is 76.9 Å². The maximum atomic E-state index is 13.6. The lowest BCUT2D eigenvalue weighted by atomic mass is 10.1. The minimum atomic E-state index is -1.22. The van der Waals surface area contributed by atoms with E-state index >= 15 is 0 Å². The van der Waals surface area contributed by atoms with Gasteiger partial charge in [0.15, 0.2) is 0 Å². The number of carbonyl (C=O) groups is 2. The summed E-state index contributed by atoms with van der Waals surface area (Å²) in [7, 11) is 0. The second kappa shape index (κ2) is 10.8. The van der Waals surface area contributed by atoms with E-state index < -0.39 is 23.3 Å². The normalized spacial score (nSPS) is 11.5. The summed E-state index contributed by atoms with van der Waals surface area (Å²) in [5.41, 5.74) is 1.35. The van der Waals surface area contributed by atoms with E-state index in [1.54, 1.807) is 50.4 Å². The number of aromatic nitrogens is 2. The Morgan fingerprint density at radius 2 is 1.77 bits per heavy atom. The first kappa shape index (κ1) is 26.9. The molecule has 0 aliphatic heterocycles. The van der Waals surface area contributed by atoms with Crippen LogP contribution in [0.1, 0.15) is 42.3 Å². The third-order valence-electron chi connectivity index (χ3n) is 5.91. The van der Waals surface area contributed by atoms with E-state index in [0.717, 1.165) is 16.5 Å². The zero-order chi connectivity index (χ0) is 28.4. The van der Waals surface area contributed by atoms with Gasteiger partial charge in [0.2, 0.25) is 11.6 Å². The Morgan fingerprint density at radius 3 is 2.50 bits per heavy atom. The Morgan fingerprint density at radius 1 is 1.00 bits per heavy atom. The SMILES string of the molecule is CC(C)(C)OC(=O)Oc1ccc2cc(Cn3c(=O)c(OCc4ccccc4)c(C(=O)O)c4sccc43)ccc2n1. The highest BCUT2D eigenvalue weighted by Gasteiger charge is 2.24. The quantitative estimate of drug-likeness (QED) is 0.233. The van der Waals surface area contributed by atoms with Crippen molar-refractivity contribution < 1.29 is 28.9 Å².